The number of urea groups is 1. The number of piperidine rings is 1. The molecule has 0 spiro atoms. The molecule has 0 aromatic heterocycles. The molecule has 1 fully saturated rings. The number of carboxylic acid groups (broad SMARTS) is 1. The molecule has 3 N–H and O–H groups in total. The molecule has 1 aliphatic rings. The smallest absolute Gasteiger partial charge is 0.407 e. The first-order chi connectivity index (χ1) is 11.6. The SMILES string of the molecule is CONC(=O)N(C1CCN(C(=O)O)CC1)[C@@H](CO)c1ccccc1. The second-order valence-corrected chi connectivity index (χ2v) is 5.63. The summed E-state index contributed by atoms with van der Waals surface area (Å²) in [6, 6.07) is 8.09. The number of aliphatic hydroxyl groups is 1. The van der Waals surface area contributed by atoms with Crippen molar-refractivity contribution in [3.63, 3.8) is 0 Å². The van der Waals surface area contributed by atoms with Crippen LogP contribution in [0.1, 0.15) is 24.4 Å². The van der Waals surface area contributed by atoms with E-state index in [4.69, 9.17) is 9.94 Å². The van der Waals surface area contributed by atoms with E-state index < -0.39 is 18.2 Å². The van der Waals surface area contributed by atoms with Crippen LogP contribution >= 0.6 is 0 Å². The molecule has 0 unspecified atom stereocenters. The molecule has 0 aliphatic carbocycles. The summed E-state index contributed by atoms with van der Waals surface area (Å²) >= 11 is 0. The van der Waals surface area contributed by atoms with Crippen molar-refractivity contribution in [3.8, 4) is 0 Å². The van der Waals surface area contributed by atoms with Crippen molar-refractivity contribution in [2.45, 2.75) is 24.9 Å². The maximum Gasteiger partial charge on any atom is 0.407 e. The molecule has 1 heterocycles. The van der Waals surface area contributed by atoms with Crippen molar-refractivity contribution in [1.29, 1.82) is 0 Å². The van der Waals surface area contributed by atoms with Crippen LogP contribution in [0, 0.1) is 0 Å². The van der Waals surface area contributed by atoms with Gasteiger partial charge in [0.05, 0.1) is 19.8 Å². The third kappa shape index (κ3) is 4.15. The topological polar surface area (TPSA) is 102 Å². The largest absolute Gasteiger partial charge is 0.465 e. The molecule has 8 nitrogen and oxygen atoms in total. The summed E-state index contributed by atoms with van der Waals surface area (Å²) in [6.07, 6.45) is 0.0580. The Bertz CT molecular complexity index is 546. The number of hydrogen-bond donors (Lipinski definition) is 3. The van der Waals surface area contributed by atoms with Crippen LogP contribution in [0.2, 0.25) is 0 Å². The molecule has 1 aromatic carbocycles. The zero-order valence-corrected chi connectivity index (χ0v) is 13.6. The minimum atomic E-state index is -0.955. The lowest BCUT2D eigenvalue weighted by atomic mass is 9.98. The maximum absolute atomic E-state index is 12.5. The summed E-state index contributed by atoms with van der Waals surface area (Å²) in [5.41, 5.74) is 3.12. The van der Waals surface area contributed by atoms with Gasteiger partial charge in [0, 0.05) is 19.1 Å². The quantitative estimate of drug-likeness (QED) is 0.706. The van der Waals surface area contributed by atoms with Crippen LogP contribution in [0.5, 0.6) is 0 Å². The van der Waals surface area contributed by atoms with Gasteiger partial charge in [0.15, 0.2) is 0 Å². The molecule has 0 radical (unpaired) electrons. The van der Waals surface area contributed by atoms with Gasteiger partial charge in [0.2, 0.25) is 0 Å². The first-order valence-electron chi connectivity index (χ1n) is 7.83. The lowest BCUT2D eigenvalue weighted by Gasteiger charge is -2.41. The van der Waals surface area contributed by atoms with Gasteiger partial charge in [-0.1, -0.05) is 30.3 Å². The van der Waals surface area contributed by atoms with Crippen LogP contribution < -0.4 is 5.48 Å². The van der Waals surface area contributed by atoms with E-state index in [1.54, 1.807) is 4.90 Å². The lowest BCUT2D eigenvalue weighted by molar-refractivity contribution is 0.0361. The normalized spacial score (nSPS) is 16.5. The third-order valence-corrected chi connectivity index (χ3v) is 4.25. The number of hydrogen-bond acceptors (Lipinski definition) is 4. The van der Waals surface area contributed by atoms with Crippen molar-refractivity contribution in [2.75, 3.05) is 26.8 Å². The van der Waals surface area contributed by atoms with E-state index in [1.807, 2.05) is 30.3 Å². The fraction of sp³-hybridized carbons (Fsp3) is 0.500. The van der Waals surface area contributed by atoms with Gasteiger partial charge in [-0.05, 0) is 18.4 Å². The molecular formula is C16H23N3O5. The second-order valence-electron chi connectivity index (χ2n) is 5.63. The lowest BCUT2D eigenvalue weighted by Crippen LogP contribution is -2.53. The van der Waals surface area contributed by atoms with Crippen LogP contribution in [0.4, 0.5) is 9.59 Å². The predicted octanol–water partition coefficient (Wildman–Crippen LogP) is 1.44. The third-order valence-electron chi connectivity index (χ3n) is 4.25. The summed E-state index contributed by atoms with van der Waals surface area (Å²) in [5, 5.41) is 18.9. The van der Waals surface area contributed by atoms with Gasteiger partial charge in [-0.3, -0.25) is 4.84 Å². The first kappa shape index (κ1) is 18.0. The molecule has 1 atom stereocenters. The fourth-order valence-electron chi connectivity index (χ4n) is 3.07. The molecule has 0 bridgehead atoms. The number of carbonyl (C=O) groups is 2. The fourth-order valence-corrected chi connectivity index (χ4v) is 3.07. The van der Waals surface area contributed by atoms with Crippen LogP contribution in [0.15, 0.2) is 30.3 Å². The van der Waals surface area contributed by atoms with E-state index in [-0.39, 0.29) is 12.6 Å². The molecular weight excluding hydrogens is 314 g/mol. The minimum Gasteiger partial charge on any atom is -0.465 e. The maximum atomic E-state index is 12.5. The number of hydroxylamine groups is 1. The van der Waals surface area contributed by atoms with E-state index >= 15 is 0 Å². The van der Waals surface area contributed by atoms with Gasteiger partial charge in [0.25, 0.3) is 0 Å². The molecule has 1 aromatic rings. The highest BCUT2D eigenvalue weighted by Gasteiger charge is 2.34. The Morgan fingerprint density at radius 3 is 2.46 bits per heavy atom. The molecule has 3 amide bonds. The van der Waals surface area contributed by atoms with E-state index in [2.05, 4.69) is 5.48 Å². The number of benzene rings is 1. The Labute approximate surface area is 140 Å². The van der Waals surface area contributed by atoms with Crippen molar-refractivity contribution >= 4 is 12.1 Å². The number of nitrogens with zero attached hydrogens (tertiary/aromatic N) is 2. The van der Waals surface area contributed by atoms with Crippen LogP contribution in [0.25, 0.3) is 0 Å². The number of rotatable bonds is 5. The van der Waals surface area contributed by atoms with E-state index in [0.717, 1.165) is 5.56 Å². The number of amides is 3. The monoisotopic (exact) mass is 337 g/mol. The Morgan fingerprint density at radius 2 is 1.96 bits per heavy atom. The van der Waals surface area contributed by atoms with Crippen molar-refractivity contribution in [2.24, 2.45) is 0 Å². The van der Waals surface area contributed by atoms with Crippen molar-refractivity contribution in [3.05, 3.63) is 35.9 Å². The molecule has 1 saturated heterocycles. The summed E-state index contributed by atoms with van der Waals surface area (Å²) < 4.78 is 0. The van der Waals surface area contributed by atoms with E-state index in [0.29, 0.717) is 25.9 Å². The Hall–Kier alpha value is -2.32. The number of aliphatic hydroxyl groups excluding tert-OH is 1. The summed E-state index contributed by atoms with van der Waals surface area (Å²) in [6.45, 7) is 0.466. The average Bonchev–Trinajstić information content (AvgIpc) is 2.60. The first-order valence-corrected chi connectivity index (χ1v) is 7.83. The van der Waals surface area contributed by atoms with Crippen LogP contribution in [0.3, 0.4) is 0 Å². The average molecular weight is 337 g/mol. The Balaban J connectivity index is 2.21. The predicted molar refractivity (Wildman–Crippen MR) is 86.3 cm³/mol. The molecule has 132 valence electrons. The van der Waals surface area contributed by atoms with Gasteiger partial charge in [-0.25, -0.2) is 15.1 Å². The molecule has 8 heteroatoms. The van der Waals surface area contributed by atoms with Crippen molar-refractivity contribution < 1.29 is 24.6 Å². The minimum absolute atomic E-state index is 0.187. The highest BCUT2D eigenvalue weighted by Crippen LogP contribution is 2.27. The van der Waals surface area contributed by atoms with Crippen molar-refractivity contribution in [1.82, 2.24) is 15.3 Å². The second kappa shape index (κ2) is 8.51. The summed E-state index contributed by atoms with van der Waals surface area (Å²) in [4.78, 5) is 31.2. The van der Waals surface area contributed by atoms with Gasteiger partial charge >= 0.3 is 12.1 Å². The highest BCUT2D eigenvalue weighted by atomic mass is 16.6. The van der Waals surface area contributed by atoms with Gasteiger partial charge in [-0.15, -0.1) is 0 Å². The Morgan fingerprint density at radius 1 is 1.33 bits per heavy atom. The molecule has 1 aliphatic heterocycles. The van der Waals surface area contributed by atoms with Crippen LogP contribution in [-0.2, 0) is 4.84 Å². The zero-order chi connectivity index (χ0) is 17.5. The summed E-state index contributed by atoms with van der Waals surface area (Å²) in [7, 11) is 1.35. The Kier molecular flexibility index (Phi) is 6.39. The molecule has 24 heavy (non-hydrogen) atoms. The molecule has 2 rings (SSSR count). The van der Waals surface area contributed by atoms with Gasteiger partial charge in [-0.2, -0.15) is 0 Å². The van der Waals surface area contributed by atoms with E-state index in [9.17, 15) is 14.7 Å². The van der Waals surface area contributed by atoms with Gasteiger partial charge < -0.3 is 20.0 Å². The number of carbonyl (C=O) groups excluding carboxylic acids is 1. The molecule has 0 saturated carbocycles. The summed E-state index contributed by atoms with van der Waals surface area (Å²) in [5.74, 6) is 0. The number of nitrogens with one attached hydrogen (secondary N) is 1. The highest BCUT2D eigenvalue weighted by molar-refractivity contribution is 5.74. The number of likely N-dealkylation sites (tertiary alicyclic amines) is 1. The zero-order valence-electron chi connectivity index (χ0n) is 13.6. The van der Waals surface area contributed by atoms with Crippen LogP contribution in [-0.4, -0.2) is 65.0 Å². The standard InChI is InChI=1S/C16H23N3O5/c1-24-17-15(21)19(13-7-9-18(10-8-13)16(22)23)14(11-20)12-5-3-2-4-6-12/h2-6,13-14,20H,7-11H2,1H3,(H,17,21)(H,22,23)/t14-/m0/s1. The van der Waals surface area contributed by atoms with Gasteiger partial charge in [0.1, 0.15) is 0 Å². The van der Waals surface area contributed by atoms with E-state index in [1.165, 1.54) is 12.0 Å².